The summed E-state index contributed by atoms with van der Waals surface area (Å²) in [6.45, 7) is 2.35. The zero-order valence-electron chi connectivity index (χ0n) is 18.3. The van der Waals surface area contributed by atoms with E-state index >= 15 is 0 Å². The molecule has 32 heavy (non-hydrogen) atoms. The fraction of sp³-hybridized carbons (Fsp3) is 0.435. The van der Waals surface area contributed by atoms with Gasteiger partial charge in [-0.3, -0.25) is 10.1 Å². The highest BCUT2D eigenvalue weighted by Gasteiger charge is 2.40. The third kappa shape index (κ3) is 5.20. The zero-order valence-corrected chi connectivity index (χ0v) is 19.1. The first kappa shape index (κ1) is 22.5. The van der Waals surface area contributed by atoms with Crippen molar-refractivity contribution < 1.29 is 14.3 Å². The fourth-order valence-corrected chi connectivity index (χ4v) is 4.32. The maximum atomic E-state index is 13.1. The molecule has 4 rings (SSSR count). The number of methoxy groups -OCH3 is 1. The molecule has 1 aromatic heterocycles. The van der Waals surface area contributed by atoms with Gasteiger partial charge in [-0.05, 0) is 55.3 Å². The van der Waals surface area contributed by atoms with Crippen molar-refractivity contribution in [3.05, 3.63) is 52.7 Å². The van der Waals surface area contributed by atoms with Gasteiger partial charge in [-0.25, -0.2) is 9.78 Å². The van der Waals surface area contributed by atoms with Gasteiger partial charge in [0.1, 0.15) is 11.9 Å². The summed E-state index contributed by atoms with van der Waals surface area (Å²) in [5.41, 5.74) is 3.33. The van der Waals surface area contributed by atoms with Crippen LogP contribution in [0.3, 0.4) is 0 Å². The average Bonchev–Trinajstić information content (AvgIpc) is 3.15. The van der Waals surface area contributed by atoms with E-state index in [1.54, 1.807) is 19.2 Å². The second-order valence-corrected chi connectivity index (χ2v) is 8.77. The first-order chi connectivity index (χ1) is 15.4. The van der Waals surface area contributed by atoms with Gasteiger partial charge in [0.2, 0.25) is 5.91 Å². The van der Waals surface area contributed by atoms with E-state index in [1.807, 2.05) is 6.07 Å². The first-order valence-electron chi connectivity index (χ1n) is 10.8. The van der Waals surface area contributed by atoms with Gasteiger partial charge >= 0.3 is 6.03 Å². The van der Waals surface area contributed by atoms with E-state index in [-0.39, 0.29) is 12.0 Å². The summed E-state index contributed by atoms with van der Waals surface area (Å²) in [7, 11) is 3.71. The van der Waals surface area contributed by atoms with E-state index in [2.05, 4.69) is 39.7 Å². The topological polar surface area (TPSA) is 86.8 Å². The Morgan fingerprint density at radius 1 is 1.12 bits per heavy atom. The van der Waals surface area contributed by atoms with E-state index in [9.17, 15) is 9.59 Å². The van der Waals surface area contributed by atoms with Gasteiger partial charge in [0, 0.05) is 45.0 Å². The molecular weight excluding hydrogens is 430 g/mol. The Hall–Kier alpha value is -2.68. The molecule has 1 fully saturated rings. The van der Waals surface area contributed by atoms with Crippen LogP contribution in [-0.4, -0.2) is 72.7 Å². The number of carbonyl (C=O) groups is 2. The third-order valence-corrected chi connectivity index (χ3v) is 6.35. The van der Waals surface area contributed by atoms with Crippen molar-refractivity contribution in [2.45, 2.75) is 31.4 Å². The van der Waals surface area contributed by atoms with Crippen molar-refractivity contribution >= 4 is 35.0 Å². The molecule has 3 heterocycles. The number of urea groups is 1. The van der Waals surface area contributed by atoms with E-state index in [1.165, 1.54) is 22.2 Å². The van der Waals surface area contributed by atoms with Crippen molar-refractivity contribution in [3.63, 3.8) is 0 Å². The maximum absolute atomic E-state index is 13.1. The summed E-state index contributed by atoms with van der Waals surface area (Å²) < 4.78 is 5.45. The van der Waals surface area contributed by atoms with E-state index in [0.717, 1.165) is 31.6 Å². The van der Waals surface area contributed by atoms with Crippen LogP contribution in [0, 0.1) is 0 Å². The Labute approximate surface area is 192 Å². The molecule has 0 bridgehead atoms. The summed E-state index contributed by atoms with van der Waals surface area (Å²) in [5, 5.41) is 6.22. The summed E-state index contributed by atoms with van der Waals surface area (Å²) in [6, 6.07) is 8.30. The lowest BCUT2D eigenvalue weighted by atomic mass is 10.0. The number of amides is 3. The van der Waals surface area contributed by atoms with E-state index in [0.29, 0.717) is 23.8 Å². The number of likely N-dealkylation sites (N-methyl/N-ethyl adjacent to an activating group) is 1. The normalized spacial score (nSPS) is 21.0. The Morgan fingerprint density at radius 3 is 2.62 bits per heavy atom. The van der Waals surface area contributed by atoms with E-state index < -0.39 is 12.1 Å². The fourth-order valence-electron chi connectivity index (χ4n) is 4.21. The third-order valence-electron chi connectivity index (χ3n) is 6.12. The number of likely N-dealkylation sites (tertiary alicyclic amines) is 1. The summed E-state index contributed by atoms with van der Waals surface area (Å²) >= 11 is 5.86. The monoisotopic (exact) mass is 457 g/mol. The predicted molar refractivity (Wildman–Crippen MR) is 124 cm³/mol. The van der Waals surface area contributed by atoms with Crippen LogP contribution in [0.1, 0.15) is 17.5 Å². The Morgan fingerprint density at radius 2 is 1.91 bits per heavy atom. The quantitative estimate of drug-likeness (QED) is 0.737. The molecular formula is C23H28ClN5O3. The van der Waals surface area contributed by atoms with Gasteiger partial charge in [-0.2, -0.15) is 0 Å². The molecule has 0 saturated carbocycles. The summed E-state index contributed by atoms with van der Waals surface area (Å²) in [5.74, 6) is 0.143. The van der Waals surface area contributed by atoms with Crippen LogP contribution < -0.4 is 10.6 Å². The lowest BCUT2D eigenvalue weighted by Crippen LogP contribution is -2.45. The minimum Gasteiger partial charge on any atom is -0.380 e. The van der Waals surface area contributed by atoms with Crippen LogP contribution in [0.5, 0.6) is 0 Å². The Balaban J connectivity index is 1.46. The van der Waals surface area contributed by atoms with Gasteiger partial charge < -0.3 is 19.9 Å². The number of benzene rings is 1. The number of rotatable bonds is 4. The van der Waals surface area contributed by atoms with Crippen molar-refractivity contribution in [2.24, 2.45) is 0 Å². The largest absolute Gasteiger partial charge is 0.380 e. The summed E-state index contributed by atoms with van der Waals surface area (Å²) in [4.78, 5) is 33.9. The number of halogens is 1. The van der Waals surface area contributed by atoms with Gasteiger partial charge in [0.05, 0.1) is 11.1 Å². The lowest BCUT2D eigenvalue weighted by molar-refractivity contribution is -0.119. The molecule has 0 unspecified atom stereocenters. The molecule has 0 aliphatic carbocycles. The van der Waals surface area contributed by atoms with Gasteiger partial charge in [0.25, 0.3) is 0 Å². The number of nitrogens with one attached hydrogen (secondary N) is 2. The minimum absolute atomic E-state index is 0.211. The molecule has 2 N–H and O–H groups in total. The smallest absolute Gasteiger partial charge is 0.323 e. The van der Waals surface area contributed by atoms with Crippen LogP contribution in [0.15, 0.2) is 36.5 Å². The number of pyridine rings is 1. The number of carbonyl (C=O) groups excluding carboxylic acids is 2. The van der Waals surface area contributed by atoms with Crippen molar-refractivity contribution in [3.8, 4) is 0 Å². The van der Waals surface area contributed by atoms with Crippen molar-refractivity contribution in [1.82, 2.24) is 14.8 Å². The molecule has 2 aliphatic rings. The second-order valence-electron chi connectivity index (χ2n) is 8.33. The minimum atomic E-state index is -0.641. The number of hydrogen-bond donors (Lipinski definition) is 2. The van der Waals surface area contributed by atoms with Gasteiger partial charge in [-0.15, -0.1) is 0 Å². The van der Waals surface area contributed by atoms with Gasteiger partial charge in [-0.1, -0.05) is 17.7 Å². The number of hydrogen-bond acceptors (Lipinski definition) is 5. The molecule has 1 aromatic carbocycles. The predicted octanol–water partition coefficient (Wildman–Crippen LogP) is 3.03. The van der Waals surface area contributed by atoms with Crippen molar-refractivity contribution in [2.75, 3.05) is 44.4 Å². The van der Waals surface area contributed by atoms with E-state index in [4.69, 9.17) is 16.3 Å². The average molecular weight is 458 g/mol. The molecule has 2 atom stereocenters. The second kappa shape index (κ2) is 9.85. The van der Waals surface area contributed by atoms with Crippen LogP contribution >= 0.6 is 11.6 Å². The summed E-state index contributed by atoms with van der Waals surface area (Å²) in [6.07, 6.45) is 3.63. The molecule has 9 heteroatoms. The highest BCUT2D eigenvalue weighted by Crippen LogP contribution is 2.25. The number of fused-ring (bicyclic) bond motifs is 1. The Kier molecular flexibility index (Phi) is 6.93. The lowest BCUT2D eigenvalue weighted by Gasteiger charge is -2.24. The van der Waals surface area contributed by atoms with Crippen LogP contribution in [-0.2, 0) is 22.4 Å². The highest BCUT2D eigenvalue weighted by molar-refractivity contribution is 6.30. The van der Waals surface area contributed by atoms with Gasteiger partial charge in [0.15, 0.2) is 0 Å². The van der Waals surface area contributed by atoms with Crippen LogP contribution in [0.4, 0.5) is 16.3 Å². The number of ether oxygens (including phenoxy) is 1. The SMILES string of the molecule is CO[C@@H]1C[C@H](C(=O)Nc2ccc3c(c2)CCN(C)CC3)N(C(=O)Nc2ccc(Cl)cn2)C1. The molecule has 0 spiro atoms. The molecule has 3 amide bonds. The first-order valence-corrected chi connectivity index (χ1v) is 11.1. The molecule has 2 aromatic rings. The molecule has 170 valence electrons. The number of nitrogens with zero attached hydrogens (tertiary/aromatic N) is 3. The Bertz CT molecular complexity index is 984. The number of aromatic nitrogens is 1. The van der Waals surface area contributed by atoms with Crippen molar-refractivity contribution in [1.29, 1.82) is 0 Å². The zero-order chi connectivity index (χ0) is 22.7. The molecule has 0 radical (unpaired) electrons. The number of anilines is 2. The maximum Gasteiger partial charge on any atom is 0.323 e. The molecule has 8 nitrogen and oxygen atoms in total. The molecule has 2 aliphatic heterocycles. The molecule has 1 saturated heterocycles. The standard InChI is InChI=1S/C23H28ClN5O3/c1-28-9-7-15-3-5-18(11-16(15)8-10-28)26-22(30)20-12-19(32-2)14-29(20)23(31)27-21-6-4-17(24)13-25-21/h3-6,11,13,19-20H,7-10,12,14H2,1-2H3,(H,26,30)(H,25,27,31)/t19-,20-/m1/s1. The van der Waals surface area contributed by atoms with Crippen LogP contribution in [0.2, 0.25) is 5.02 Å². The highest BCUT2D eigenvalue weighted by atomic mass is 35.5. The van der Waals surface area contributed by atoms with Crippen LogP contribution in [0.25, 0.3) is 0 Å².